The highest BCUT2D eigenvalue weighted by Gasteiger charge is 2.29. The molecule has 1 atom stereocenters. The summed E-state index contributed by atoms with van der Waals surface area (Å²) in [6.07, 6.45) is 0.614. The summed E-state index contributed by atoms with van der Waals surface area (Å²) in [4.78, 5) is 12.9. The third kappa shape index (κ3) is 3.26. The minimum absolute atomic E-state index is 0.0422. The van der Waals surface area contributed by atoms with Crippen molar-refractivity contribution in [2.75, 3.05) is 13.1 Å². The van der Waals surface area contributed by atoms with E-state index in [1.165, 1.54) is 19.1 Å². The Bertz CT molecular complexity index is 588. The van der Waals surface area contributed by atoms with E-state index < -0.39 is 10.0 Å². The average molecular weight is 303 g/mol. The van der Waals surface area contributed by atoms with Crippen LogP contribution in [0.5, 0.6) is 0 Å². The van der Waals surface area contributed by atoms with Gasteiger partial charge in [-0.15, -0.1) is 0 Å². The quantitative estimate of drug-likeness (QED) is 0.913. The number of benzene rings is 1. The summed E-state index contributed by atoms with van der Waals surface area (Å²) >= 11 is 5.89. The Morgan fingerprint density at radius 3 is 2.68 bits per heavy atom. The molecule has 0 saturated carbocycles. The fourth-order valence-electron chi connectivity index (χ4n) is 2.09. The Morgan fingerprint density at radius 1 is 1.42 bits per heavy atom. The SMILES string of the molecule is CC(=O)N1CCC(NS(=O)(=O)c2ccccc2Cl)C1. The second kappa shape index (κ2) is 5.48. The van der Waals surface area contributed by atoms with Crippen molar-refractivity contribution in [1.29, 1.82) is 0 Å². The fraction of sp³-hybridized carbons (Fsp3) is 0.417. The Kier molecular flexibility index (Phi) is 4.13. The number of halogens is 1. The first-order valence-corrected chi connectivity index (χ1v) is 7.78. The highest BCUT2D eigenvalue weighted by atomic mass is 35.5. The van der Waals surface area contributed by atoms with Crippen LogP contribution in [0.1, 0.15) is 13.3 Å². The van der Waals surface area contributed by atoms with Gasteiger partial charge in [-0.25, -0.2) is 13.1 Å². The number of nitrogens with one attached hydrogen (secondary N) is 1. The van der Waals surface area contributed by atoms with Crippen LogP contribution < -0.4 is 4.72 Å². The van der Waals surface area contributed by atoms with E-state index in [9.17, 15) is 13.2 Å². The molecule has 1 aliphatic heterocycles. The number of likely N-dealkylation sites (tertiary alicyclic amines) is 1. The van der Waals surface area contributed by atoms with Gasteiger partial charge in [-0.3, -0.25) is 4.79 Å². The van der Waals surface area contributed by atoms with Gasteiger partial charge in [0.25, 0.3) is 0 Å². The number of nitrogens with zero attached hydrogens (tertiary/aromatic N) is 1. The number of carbonyl (C=O) groups is 1. The maximum atomic E-state index is 12.2. The van der Waals surface area contributed by atoms with Gasteiger partial charge in [-0.05, 0) is 18.6 Å². The molecule has 1 N–H and O–H groups in total. The van der Waals surface area contributed by atoms with Crippen LogP contribution in [0.2, 0.25) is 5.02 Å². The smallest absolute Gasteiger partial charge is 0.242 e. The van der Waals surface area contributed by atoms with Gasteiger partial charge in [0.15, 0.2) is 0 Å². The van der Waals surface area contributed by atoms with Crippen molar-refractivity contribution in [1.82, 2.24) is 9.62 Å². The van der Waals surface area contributed by atoms with E-state index in [0.717, 1.165) is 0 Å². The maximum Gasteiger partial charge on any atom is 0.242 e. The number of amides is 1. The molecule has 0 aliphatic carbocycles. The highest BCUT2D eigenvalue weighted by Crippen LogP contribution is 2.21. The van der Waals surface area contributed by atoms with Crippen molar-refractivity contribution in [2.24, 2.45) is 0 Å². The highest BCUT2D eigenvalue weighted by molar-refractivity contribution is 7.89. The molecule has 1 aromatic carbocycles. The minimum atomic E-state index is -3.64. The zero-order valence-electron chi connectivity index (χ0n) is 10.5. The molecule has 0 aromatic heterocycles. The molecule has 1 unspecified atom stereocenters. The lowest BCUT2D eigenvalue weighted by Crippen LogP contribution is -2.38. The van der Waals surface area contributed by atoms with E-state index in [1.807, 2.05) is 0 Å². The predicted octanol–water partition coefficient (Wildman–Crippen LogP) is 1.24. The van der Waals surface area contributed by atoms with Crippen LogP contribution in [0.3, 0.4) is 0 Å². The zero-order chi connectivity index (χ0) is 14.0. The summed E-state index contributed by atoms with van der Waals surface area (Å²) in [5.41, 5.74) is 0. The van der Waals surface area contributed by atoms with E-state index in [1.54, 1.807) is 17.0 Å². The first-order valence-electron chi connectivity index (χ1n) is 5.92. The molecular weight excluding hydrogens is 288 g/mol. The monoisotopic (exact) mass is 302 g/mol. The van der Waals surface area contributed by atoms with Crippen LogP contribution in [-0.4, -0.2) is 38.4 Å². The normalized spacial score (nSPS) is 19.7. The molecule has 5 nitrogen and oxygen atoms in total. The molecule has 1 aromatic rings. The molecule has 0 spiro atoms. The molecule has 2 rings (SSSR count). The van der Waals surface area contributed by atoms with Crippen LogP contribution in [0.4, 0.5) is 0 Å². The summed E-state index contributed by atoms with van der Waals surface area (Å²) in [5, 5.41) is 0.191. The molecule has 1 amide bonds. The van der Waals surface area contributed by atoms with E-state index in [4.69, 9.17) is 11.6 Å². The number of carbonyl (C=O) groups excluding carboxylic acids is 1. The summed E-state index contributed by atoms with van der Waals surface area (Å²) < 4.78 is 27.0. The third-order valence-electron chi connectivity index (χ3n) is 3.08. The topological polar surface area (TPSA) is 66.5 Å². The number of sulfonamides is 1. The summed E-state index contributed by atoms with van der Waals surface area (Å²) in [6, 6.07) is 6.03. The van der Waals surface area contributed by atoms with Crippen LogP contribution in [-0.2, 0) is 14.8 Å². The third-order valence-corrected chi connectivity index (χ3v) is 5.10. The van der Waals surface area contributed by atoms with Gasteiger partial charge in [0.2, 0.25) is 15.9 Å². The minimum Gasteiger partial charge on any atom is -0.341 e. The van der Waals surface area contributed by atoms with Crippen molar-refractivity contribution < 1.29 is 13.2 Å². The van der Waals surface area contributed by atoms with Crippen LogP contribution >= 0.6 is 11.6 Å². The standard InChI is InChI=1S/C12H15ClN2O3S/c1-9(16)15-7-6-10(8-15)14-19(17,18)12-5-3-2-4-11(12)13/h2-5,10,14H,6-8H2,1H3. The van der Waals surface area contributed by atoms with Gasteiger partial charge in [-0.1, -0.05) is 23.7 Å². The van der Waals surface area contributed by atoms with Gasteiger partial charge < -0.3 is 4.90 Å². The lowest BCUT2D eigenvalue weighted by molar-refractivity contribution is -0.127. The largest absolute Gasteiger partial charge is 0.341 e. The van der Waals surface area contributed by atoms with Gasteiger partial charge >= 0.3 is 0 Å². The molecule has 1 heterocycles. The Hall–Kier alpha value is -1.11. The summed E-state index contributed by atoms with van der Waals surface area (Å²) in [7, 11) is -3.64. The number of hydrogen-bond acceptors (Lipinski definition) is 3. The molecular formula is C12H15ClN2O3S. The molecule has 19 heavy (non-hydrogen) atoms. The van der Waals surface area contributed by atoms with Crippen molar-refractivity contribution in [3.05, 3.63) is 29.3 Å². The molecule has 1 fully saturated rings. The molecule has 0 radical (unpaired) electrons. The molecule has 104 valence electrons. The van der Waals surface area contributed by atoms with Gasteiger partial charge in [0, 0.05) is 26.1 Å². The molecule has 1 saturated heterocycles. The van der Waals surface area contributed by atoms with Gasteiger partial charge in [0.05, 0.1) is 5.02 Å². The van der Waals surface area contributed by atoms with E-state index in [-0.39, 0.29) is 21.9 Å². The second-order valence-corrected chi connectivity index (χ2v) is 6.59. The number of rotatable bonds is 3. The maximum absolute atomic E-state index is 12.2. The van der Waals surface area contributed by atoms with Crippen molar-refractivity contribution >= 4 is 27.5 Å². The van der Waals surface area contributed by atoms with Crippen LogP contribution in [0.25, 0.3) is 0 Å². The zero-order valence-corrected chi connectivity index (χ0v) is 12.0. The first-order chi connectivity index (χ1) is 8.90. The van der Waals surface area contributed by atoms with E-state index >= 15 is 0 Å². The molecule has 7 heteroatoms. The molecule has 1 aliphatic rings. The van der Waals surface area contributed by atoms with Gasteiger partial charge in [-0.2, -0.15) is 0 Å². The van der Waals surface area contributed by atoms with Crippen molar-refractivity contribution in [3.8, 4) is 0 Å². The summed E-state index contributed by atoms with van der Waals surface area (Å²) in [5.74, 6) is -0.0422. The Balaban J connectivity index is 2.11. The molecule has 0 bridgehead atoms. The van der Waals surface area contributed by atoms with Crippen molar-refractivity contribution in [2.45, 2.75) is 24.3 Å². The van der Waals surface area contributed by atoms with Crippen molar-refractivity contribution in [3.63, 3.8) is 0 Å². The first kappa shape index (κ1) is 14.3. The lowest BCUT2D eigenvalue weighted by atomic mass is 10.3. The predicted molar refractivity (Wildman–Crippen MR) is 72.4 cm³/mol. The fourth-order valence-corrected chi connectivity index (χ4v) is 3.87. The van der Waals surface area contributed by atoms with E-state index in [0.29, 0.717) is 19.5 Å². The van der Waals surface area contributed by atoms with Crippen LogP contribution in [0.15, 0.2) is 29.2 Å². The Morgan fingerprint density at radius 2 is 2.11 bits per heavy atom. The summed E-state index contributed by atoms with van der Waals surface area (Å²) in [6.45, 7) is 2.45. The lowest BCUT2D eigenvalue weighted by Gasteiger charge is -2.15. The van der Waals surface area contributed by atoms with Gasteiger partial charge in [0.1, 0.15) is 4.90 Å². The Labute approximate surface area is 117 Å². The number of hydrogen-bond donors (Lipinski definition) is 1. The average Bonchev–Trinajstić information content (AvgIpc) is 2.77. The second-order valence-electron chi connectivity index (χ2n) is 4.50. The van der Waals surface area contributed by atoms with E-state index in [2.05, 4.69) is 4.72 Å². The van der Waals surface area contributed by atoms with Crippen LogP contribution in [0, 0.1) is 0 Å².